The first-order valence-corrected chi connectivity index (χ1v) is 5.25. The number of ether oxygens (including phenoxy) is 1. The number of pyridine rings is 1. The molecule has 0 saturated carbocycles. The summed E-state index contributed by atoms with van der Waals surface area (Å²) in [6.45, 7) is 3.09. The number of rotatable bonds is 2. The van der Waals surface area contributed by atoms with E-state index in [9.17, 15) is 0 Å². The molecule has 15 heavy (non-hydrogen) atoms. The SMILES string of the molecule is COc1ncc(N2C=CCCC2)cc1C. The van der Waals surface area contributed by atoms with Crippen molar-refractivity contribution in [1.82, 2.24) is 4.98 Å². The predicted octanol–water partition coefficient (Wildman–Crippen LogP) is 2.51. The summed E-state index contributed by atoms with van der Waals surface area (Å²) in [6.07, 6.45) is 8.58. The Hall–Kier alpha value is -1.51. The van der Waals surface area contributed by atoms with Gasteiger partial charge < -0.3 is 9.64 Å². The van der Waals surface area contributed by atoms with Crippen molar-refractivity contribution in [3.8, 4) is 5.88 Å². The van der Waals surface area contributed by atoms with Crippen LogP contribution < -0.4 is 9.64 Å². The normalized spacial score (nSPS) is 15.5. The van der Waals surface area contributed by atoms with E-state index in [0.717, 1.165) is 17.8 Å². The minimum absolute atomic E-state index is 0.708. The Kier molecular flexibility index (Phi) is 2.90. The van der Waals surface area contributed by atoms with Gasteiger partial charge >= 0.3 is 0 Å². The van der Waals surface area contributed by atoms with Crippen LogP contribution >= 0.6 is 0 Å². The van der Waals surface area contributed by atoms with Gasteiger partial charge in [0.2, 0.25) is 5.88 Å². The third kappa shape index (κ3) is 2.12. The molecule has 0 saturated heterocycles. The molecule has 3 heteroatoms. The molecule has 0 atom stereocenters. The van der Waals surface area contributed by atoms with Crippen molar-refractivity contribution in [2.24, 2.45) is 0 Å². The fraction of sp³-hybridized carbons (Fsp3) is 0.417. The van der Waals surface area contributed by atoms with Gasteiger partial charge in [0, 0.05) is 18.3 Å². The summed E-state index contributed by atoms with van der Waals surface area (Å²) in [5, 5.41) is 0. The van der Waals surface area contributed by atoms with Crippen molar-refractivity contribution in [3.63, 3.8) is 0 Å². The van der Waals surface area contributed by atoms with E-state index in [2.05, 4.69) is 28.2 Å². The second-order valence-corrected chi connectivity index (χ2v) is 3.74. The lowest BCUT2D eigenvalue weighted by Crippen LogP contribution is -2.20. The fourth-order valence-corrected chi connectivity index (χ4v) is 1.79. The van der Waals surface area contributed by atoms with E-state index in [1.807, 2.05) is 13.1 Å². The van der Waals surface area contributed by atoms with E-state index >= 15 is 0 Å². The average molecular weight is 204 g/mol. The van der Waals surface area contributed by atoms with Crippen LogP contribution in [0, 0.1) is 6.92 Å². The Morgan fingerprint density at radius 3 is 2.93 bits per heavy atom. The Labute approximate surface area is 90.4 Å². The molecule has 1 aromatic heterocycles. The Morgan fingerprint density at radius 1 is 1.47 bits per heavy atom. The lowest BCUT2D eigenvalue weighted by molar-refractivity contribution is 0.394. The van der Waals surface area contributed by atoms with Crippen LogP contribution in [-0.2, 0) is 0 Å². The molecule has 0 radical (unpaired) electrons. The highest BCUT2D eigenvalue weighted by atomic mass is 16.5. The highest BCUT2D eigenvalue weighted by molar-refractivity contribution is 5.51. The molecule has 2 rings (SSSR count). The van der Waals surface area contributed by atoms with Crippen molar-refractivity contribution < 1.29 is 4.74 Å². The van der Waals surface area contributed by atoms with Gasteiger partial charge in [0.25, 0.3) is 0 Å². The van der Waals surface area contributed by atoms with E-state index in [4.69, 9.17) is 4.74 Å². The molecule has 0 N–H and O–H groups in total. The van der Waals surface area contributed by atoms with Crippen molar-refractivity contribution in [1.29, 1.82) is 0 Å². The molecular formula is C12H16N2O. The zero-order chi connectivity index (χ0) is 10.7. The van der Waals surface area contributed by atoms with E-state index in [0.29, 0.717) is 5.88 Å². The van der Waals surface area contributed by atoms with E-state index in [1.54, 1.807) is 7.11 Å². The van der Waals surface area contributed by atoms with Gasteiger partial charge in [-0.25, -0.2) is 4.98 Å². The van der Waals surface area contributed by atoms with Crippen LogP contribution in [-0.4, -0.2) is 18.6 Å². The van der Waals surface area contributed by atoms with Crippen molar-refractivity contribution in [3.05, 3.63) is 30.1 Å². The minimum Gasteiger partial charge on any atom is -0.481 e. The summed E-state index contributed by atoms with van der Waals surface area (Å²) >= 11 is 0. The van der Waals surface area contributed by atoms with Gasteiger partial charge in [-0.05, 0) is 25.8 Å². The molecule has 0 spiro atoms. The Balaban J connectivity index is 2.25. The van der Waals surface area contributed by atoms with E-state index < -0.39 is 0 Å². The van der Waals surface area contributed by atoms with Gasteiger partial charge in [0.05, 0.1) is 19.0 Å². The second-order valence-electron chi connectivity index (χ2n) is 3.74. The number of hydrogen-bond donors (Lipinski definition) is 0. The summed E-state index contributed by atoms with van der Waals surface area (Å²) in [5.74, 6) is 0.708. The lowest BCUT2D eigenvalue weighted by Gasteiger charge is -2.23. The average Bonchev–Trinajstić information content (AvgIpc) is 2.30. The summed E-state index contributed by atoms with van der Waals surface area (Å²) in [6, 6.07) is 2.11. The van der Waals surface area contributed by atoms with Crippen LogP contribution in [0.4, 0.5) is 5.69 Å². The number of anilines is 1. The third-order valence-corrected chi connectivity index (χ3v) is 2.60. The molecule has 0 amide bonds. The van der Waals surface area contributed by atoms with E-state index in [-0.39, 0.29) is 0 Å². The molecule has 1 aliphatic rings. The second kappa shape index (κ2) is 4.34. The minimum atomic E-state index is 0.708. The maximum absolute atomic E-state index is 5.14. The number of aromatic nitrogens is 1. The molecular weight excluding hydrogens is 188 g/mol. The number of aryl methyl sites for hydroxylation is 1. The molecule has 2 heterocycles. The zero-order valence-corrected chi connectivity index (χ0v) is 9.23. The maximum Gasteiger partial charge on any atom is 0.216 e. The third-order valence-electron chi connectivity index (χ3n) is 2.60. The highest BCUT2D eigenvalue weighted by Crippen LogP contribution is 2.23. The fourth-order valence-electron chi connectivity index (χ4n) is 1.79. The van der Waals surface area contributed by atoms with Crippen LogP contribution in [0.1, 0.15) is 18.4 Å². The number of allylic oxidation sites excluding steroid dienone is 1. The van der Waals surface area contributed by atoms with Gasteiger partial charge in [-0.3, -0.25) is 0 Å². The van der Waals surface area contributed by atoms with Crippen LogP contribution in [0.5, 0.6) is 5.88 Å². The summed E-state index contributed by atoms with van der Waals surface area (Å²) < 4.78 is 5.14. The zero-order valence-electron chi connectivity index (χ0n) is 9.23. The maximum atomic E-state index is 5.14. The number of nitrogens with zero attached hydrogens (tertiary/aromatic N) is 2. The van der Waals surface area contributed by atoms with Crippen LogP contribution in [0.3, 0.4) is 0 Å². The van der Waals surface area contributed by atoms with E-state index in [1.165, 1.54) is 12.8 Å². The Morgan fingerprint density at radius 2 is 2.33 bits per heavy atom. The molecule has 80 valence electrons. The lowest BCUT2D eigenvalue weighted by atomic mass is 10.2. The molecule has 0 aromatic carbocycles. The Bertz CT molecular complexity index is 374. The van der Waals surface area contributed by atoms with Gasteiger partial charge in [0.1, 0.15) is 0 Å². The standard InChI is InChI=1S/C12H16N2O/c1-10-8-11(9-13-12(10)15-2)14-6-4-3-5-7-14/h4,6,8-9H,3,5,7H2,1-2H3. The monoisotopic (exact) mass is 204 g/mol. The molecule has 0 fully saturated rings. The smallest absolute Gasteiger partial charge is 0.216 e. The van der Waals surface area contributed by atoms with Gasteiger partial charge in [-0.1, -0.05) is 6.08 Å². The van der Waals surface area contributed by atoms with Crippen LogP contribution in [0.15, 0.2) is 24.5 Å². The molecule has 3 nitrogen and oxygen atoms in total. The first-order chi connectivity index (χ1) is 7.31. The molecule has 0 aliphatic carbocycles. The molecule has 1 aliphatic heterocycles. The first-order valence-electron chi connectivity index (χ1n) is 5.25. The van der Waals surface area contributed by atoms with Gasteiger partial charge in [0.15, 0.2) is 0 Å². The topological polar surface area (TPSA) is 25.4 Å². The first kappa shape index (κ1) is 10.0. The summed E-state index contributed by atoms with van der Waals surface area (Å²) in [7, 11) is 1.65. The quantitative estimate of drug-likeness (QED) is 0.740. The summed E-state index contributed by atoms with van der Waals surface area (Å²) in [5.41, 5.74) is 2.22. The van der Waals surface area contributed by atoms with Gasteiger partial charge in [-0.2, -0.15) is 0 Å². The molecule has 0 bridgehead atoms. The van der Waals surface area contributed by atoms with Crippen molar-refractivity contribution >= 4 is 5.69 Å². The molecule has 0 unspecified atom stereocenters. The number of methoxy groups -OCH3 is 1. The van der Waals surface area contributed by atoms with Gasteiger partial charge in [-0.15, -0.1) is 0 Å². The van der Waals surface area contributed by atoms with Crippen molar-refractivity contribution in [2.75, 3.05) is 18.6 Å². The highest BCUT2D eigenvalue weighted by Gasteiger charge is 2.08. The molecule has 1 aromatic rings. The van der Waals surface area contributed by atoms with Crippen LogP contribution in [0.2, 0.25) is 0 Å². The number of hydrogen-bond acceptors (Lipinski definition) is 3. The largest absolute Gasteiger partial charge is 0.481 e. The summed E-state index contributed by atoms with van der Waals surface area (Å²) in [4.78, 5) is 6.50. The van der Waals surface area contributed by atoms with Crippen molar-refractivity contribution in [2.45, 2.75) is 19.8 Å². The van der Waals surface area contributed by atoms with Crippen LogP contribution in [0.25, 0.3) is 0 Å². The predicted molar refractivity (Wildman–Crippen MR) is 61.2 cm³/mol.